The number of rotatable bonds is 4. The number of carbonyl (C=O) groups excluding carboxylic acids is 1. The number of nitrogens with one attached hydrogen (secondary N) is 1. The maximum absolute atomic E-state index is 12.3. The number of carbonyl (C=O) groups is 1. The number of aromatic nitrogens is 6. The number of imidazole rings is 1. The monoisotopic (exact) mass is 351 g/mol. The van der Waals surface area contributed by atoms with Crippen LogP contribution in [0.3, 0.4) is 0 Å². The first-order chi connectivity index (χ1) is 12.7. The summed E-state index contributed by atoms with van der Waals surface area (Å²) in [5, 5.41) is 16.0. The van der Waals surface area contributed by atoms with Crippen LogP contribution in [-0.2, 0) is 7.05 Å². The van der Waals surface area contributed by atoms with Gasteiger partial charge in [0.15, 0.2) is 5.82 Å². The van der Waals surface area contributed by atoms with E-state index in [2.05, 4.69) is 25.7 Å². The Morgan fingerprint density at radius 1 is 1.15 bits per heavy atom. The Morgan fingerprint density at radius 3 is 2.62 bits per heavy atom. The van der Waals surface area contributed by atoms with E-state index in [1.807, 2.05) is 37.4 Å². The molecule has 1 saturated carbocycles. The third kappa shape index (κ3) is 3.35. The van der Waals surface area contributed by atoms with E-state index in [1.54, 1.807) is 21.8 Å². The minimum Gasteiger partial charge on any atom is -0.347 e. The summed E-state index contributed by atoms with van der Waals surface area (Å²) in [5.74, 6) is 0.972. The molecule has 1 amide bonds. The molecule has 134 valence electrons. The summed E-state index contributed by atoms with van der Waals surface area (Å²) in [5.41, 5.74) is 0.967. The van der Waals surface area contributed by atoms with Crippen LogP contribution in [-0.4, -0.2) is 41.7 Å². The molecule has 1 fully saturated rings. The number of amides is 1. The first-order valence-corrected chi connectivity index (χ1v) is 8.84. The lowest BCUT2D eigenvalue weighted by molar-refractivity contribution is 0.0907. The zero-order chi connectivity index (χ0) is 17.9. The smallest absolute Gasteiger partial charge is 0.287 e. The number of aryl methyl sites for hydroxylation is 1. The third-order valence-electron chi connectivity index (χ3n) is 4.84. The topological polar surface area (TPSA) is 90.5 Å². The van der Waals surface area contributed by atoms with E-state index in [0.717, 1.165) is 31.2 Å². The molecule has 1 aromatic carbocycles. The fraction of sp³-hybridized carbons (Fsp3) is 0.389. The Balaban J connectivity index is 1.35. The van der Waals surface area contributed by atoms with Crippen molar-refractivity contribution in [1.82, 2.24) is 35.1 Å². The van der Waals surface area contributed by atoms with Crippen molar-refractivity contribution >= 4 is 5.91 Å². The van der Waals surface area contributed by atoms with E-state index >= 15 is 0 Å². The second-order valence-electron chi connectivity index (χ2n) is 6.64. The summed E-state index contributed by atoms with van der Waals surface area (Å²) in [6.07, 6.45) is 7.01. The van der Waals surface area contributed by atoms with Gasteiger partial charge in [-0.25, -0.2) is 4.98 Å². The number of tetrazole rings is 1. The van der Waals surface area contributed by atoms with Crippen LogP contribution in [0.15, 0.2) is 42.7 Å². The SMILES string of the molecule is Cn1ccnc1C(=O)NC1CCC(n2nnc(-c3ccccc3)n2)CC1. The quantitative estimate of drug-likeness (QED) is 0.776. The molecule has 0 spiro atoms. The molecule has 4 rings (SSSR count). The summed E-state index contributed by atoms with van der Waals surface area (Å²) >= 11 is 0. The van der Waals surface area contributed by atoms with Crippen LogP contribution >= 0.6 is 0 Å². The molecule has 0 bridgehead atoms. The highest BCUT2D eigenvalue weighted by Crippen LogP contribution is 2.28. The number of hydrogen-bond acceptors (Lipinski definition) is 5. The number of benzene rings is 1. The van der Waals surface area contributed by atoms with Gasteiger partial charge in [-0.1, -0.05) is 30.3 Å². The molecule has 8 heteroatoms. The van der Waals surface area contributed by atoms with Gasteiger partial charge in [0.1, 0.15) is 0 Å². The van der Waals surface area contributed by atoms with E-state index in [0.29, 0.717) is 11.6 Å². The molecular weight excluding hydrogens is 330 g/mol. The first kappa shape index (κ1) is 16.4. The molecule has 0 atom stereocenters. The average Bonchev–Trinajstić information content (AvgIpc) is 3.32. The molecule has 0 radical (unpaired) electrons. The van der Waals surface area contributed by atoms with E-state index in [-0.39, 0.29) is 18.0 Å². The summed E-state index contributed by atoms with van der Waals surface area (Å²) < 4.78 is 1.73. The van der Waals surface area contributed by atoms with Gasteiger partial charge in [0.05, 0.1) is 6.04 Å². The van der Waals surface area contributed by atoms with Gasteiger partial charge < -0.3 is 9.88 Å². The van der Waals surface area contributed by atoms with Gasteiger partial charge in [-0.15, -0.1) is 10.2 Å². The van der Waals surface area contributed by atoms with Crippen LogP contribution in [0.25, 0.3) is 11.4 Å². The second-order valence-corrected chi connectivity index (χ2v) is 6.64. The Bertz CT molecular complexity index is 878. The maximum Gasteiger partial charge on any atom is 0.287 e. The van der Waals surface area contributed by atoms with E-state index < -0.39 is 0 Å². The normalized spacial score (nSPS) is 20.0. The maximum atomic E-state index is 12.3. The predicted octanol–water partition coefficient (Wildman–Crippen LogP) is 1.99. The summed E-state index contributed by atoms with van der Waals surface area (Å²) in [6.45, 7) is 0. The molecule has 0 unspecified atom stereocenters. The van der Waals surface area contributed by atoms with E-state index in [4.69, 9.17) is 0 Å². The molecule has 1 aliphatic rings. The highest BCUT2D eigenvalue weighted by molar-refractivity contribution is 5.90. The van der Waals surface area contributed by atoms with Crippen molar-refractivity contribution in [2.75, 3.05) is 0 Å². The lowest BCUT2D eigenvalue weighted by Crippen LogP contribution is -2.39. The van der Waals surface area contributed by atoms with Crippen LogP contribution in [0.4, 0.5) is 0 Å². The minimum atomic E-state index is -0.119. The van der Waals surface area contributed by atoms with Crippen molar-refractivity contribution < 1.29 is 4.79 Å². The van der Waals surface area contributed by atoms with Gasteiger partial charge in [-0.3, -0.25) is 4.79 Å². The average molecular weight is 351 g/mol. The summed E-state index contributed by atoms with van der Waals surface area (Å²) in [4.78, 5) is 18.1. The highest BCUT2D eigenvalue weighted by Gasteiger charge is 2.26. The second kappa shape index (κ2) is 7.07. The van der Waals surface area contributed by atoms with Gasteiger partial charge in [0.25, 0.3) is 5.91 Å². The van der Waals surface area contributed by atoms with Crippen molar-refractivity contribution in [1.29, 1.82) is 0 Å². The first-order valence-electron chi connectivity index (χ1n) is 8.84. The van der Waals surface area contributed by atoms with Crippen molar-refractivity contribution in [2.45, 2.75) is 37.8 Å². The molecule has 1 aliphatic carbocycles. The van der Waals surface area contributed by atoms with Crippen molar-refractivity contribution in [3.05, 3.63) is 48.5 Å². The molecule has 2 aromatic heterocycles. The molecule has 2 heterocycles. The van der Waals surface area contributed by atoms with Gasteiger partial charge in [-0.05, 0) is 30.9 Å². The van der Waals surface area contributed by atoms with Crippen LogP contribution < -0.4 is 5.32 Å². The molecule has 0 saturated heterocycles. The largest absolute Gasteiger partial charge is 0.347 e. The minimum absolute atomic E-state index is 0.119. The zero-order valence-corrected chi connectivity index (χ0v) is 14.6. The van der Waals surface area contributed by atoms with Crippen molar-refractivity contribution in [2.24, 2.45) is 7.05 Å². The standard InChI is InChI=1S/C18H21N7O/c1-24-12-11-19-17(24)18(26)20-14-7-9-15(10-8-14)25-22-16(21-23-25)13-5-3-2-4-6-13/h2-6,11-12,14-15H,7-10H2,1H3,(H,20,26). The Hall–Kier alpha value is -3.03. The number of nitrogens with zero attached hydrogens (tertiary/aromatic N) is 6. The molecule has 0 aliphatic heterocycles. The molecule has 3 aromatic rings. The van der Waals surface area contributed by atoms with Crippen LogP contribution in [0, 0.1) is 0 Å². The van der Waals surface area contributed by atoms with E-state index in [9.17, 15) is 4.79 Å². The van der Waals surface area contributed by atoms with Gasteiger partial charge >= 0.3 is 0 Å². The molecule has 1 N–H and O–H groups in total. The van der Waals surface area contributed by atoms with Crippen molar-refractivity contribution in [3.8, 4) is 11.4 Å². The summed E-state index contributed by atoms with van der Waals surface area (Å²) in [7, 11) is 1.82. The lowest BCUT2D eigenvalue weighted by atomic mass is 9.91. The zero-order valence-electron chi connectivity index (χ0n) is 14.6. The Morgan fingerprint density at radius 2 is 1.92 bits per heavy atom. The van der Waals surface area contributed by atoms with Crippen molar-refractivity contribution in [3.63, 3.8) is 0 Å². The number of hydrogen-bond donors (Lipinski definition) is 1. The van der Waals surface area contributed by atoms with Crippen LogP contribution in [0.1, 0.15) is 42.3 Å². The fourth-order valence-electron chi connectivity index (χ4n) is 3.37. The van der Waals surface area contributed by atoms with Gasteiger partial charge in [0, 0.05) is 31.0 Å². The Labute approximate surface area is 151 Å². The van der Waals surface area contributed by atoms with Crippen LogP contribution in [0.2, 0.25) is 0 Å². The van der Waals surface area contributed by atoms with Crippen LogP contribution in [0.5, 0.6) is 0 Å². The van der Waals surface area contributed by atoms with E-state index in [1.165, 1.54) is 0 Å². The highest BCUT2D eigenvalue weighted by atomic mass is 16.2. The molecular formula is C18H21N7O. The fourth-order valence-corrected chi connectivity index (χ4v) is 3.37. The Kier molecular flexibility index (Phi) is 4.47. The lowest BCUT2D eigenvalue weighted by Gasteiger charge is -2.28. The third-order valence-corrected chi connectivity index (χ3v) is 4.84. The predicted molar refractivity (Wildman–Crippen MR) is 95.2 cm³/mol. The van der Waals surface area contributed by atoms with Gasteiger partial charge in [-0.2, -0.15) is 4.80 Å². The molecule has 26 heavy (non-hydrogen) atoms. The summed E-state index contributed by atoms with van der Waals surface area (Å²) in [6, 6.07) is 10.2. The molecule has 8 nitrogen and oxygen atoms in total. The van der Waals surface area contributed by atoms with Gasteiger partial charge in [0.2, 0.25) is 5.82 Å².